The summed E-state index contributed by atoms with van der Waals surface area (Å²) in [7, 11) is 0. The molecule has 7 atom stereocenters. The first-order chi connectivity index (χ1) is 31.5. The van der Waals surface area contributed by atoms with Crippen molar-refractivity contribution in [2.75, 3.05) is 4.90 Å². The minimum Gasteiger partial charge on any atom is -0.310 e. The van der Waals surface area contributed by atoms with Gasteiger partial charge in [-0.15, -0.1) is 0 Å². The topological polar surface area (TPSA) is 3.24 Å². The third-order valence-electron chi connectivity index (χ3n) is 17.9. The van der Waals surface area contributed by atoms with Crippen molar-refractivity contribution in [1.82, 2.24) is 0 Å². The second-order valence-electron chi connectivity index (χ2n) is 21.3. The van der Waals surface area contributed by atoms with E-state index >= 15 is 0 Å². The molecule has 0 N–H and O–H groups in total. The van der Waals surface area contributed by atoms with Crippen LogP contribution in [0.25, 0.3) is 11.1 Å². The summed E-state index contributed by atoms with van der Waals surface area (Å²) in [6, 6.07) is 64.3. The average molecular weight is 832 g/mol. The maximum atomic E-state index is 2.67. The number of nitrogens with zero attached hydrogens (tertiary/aromatic N) is 1. The Morgan fingerprint density at radius 3 is 1.95 bits per heavy atom. The Morgan fingerprint density at radius 1 is 0.516 bits per heavy atom. The Kier molecular flexibility index (Phi) is 9.06. The van der Waals surface area contributed by atoms with Gasteiger partial charge in [0.1, 0.15) is 0 Å². The molecule has 1 nitrogen and oxygen atoms in total. The minimum atomic E-state index is -0.0913. The minimum absolute atomic E-state index is 0.0859. The zero-order valence-electron chi connectivity index (χ0n) is 37.8. The highest BCUT2D eigenvalue weighted by atomic mass is 15.1. The second-order valence-corrected chi connectivity index (χ2v) is 21.3. The molecule has 6 aliphatic carbocycles. The quantitative estimate of drug-likeness (QED) is 0.145. The number of para-hydroxylation sites is 1. The van der Waals surface area contributed by atoms with Crippen LogP contribution in [0.3, 0.4) is 0 Å². The number of fused-ring (bicyclic) bond motifs is 7. The molecule has 1 spiro atoms. The van der Waals surface area contributed by atoms with Gasteiger partial charge in [0.2, 0.25) is 0 Å². The van der Waals surface area contributed by atoms with E-state index in [1.807, 2.05) is 0 Å². The third kappa shape index (κ3) is 5.68. The van der Waals surface area contributed by atoms with Crippen LogP contribution in [0.15, 0.2) is 164 Å². The van der Waals surface area contributed by atoms with E-state index in [9.17, 15) is 0 Å². The lowest BCUT2D eigenvalue weighted by Crippen LogP contribution is -2.40. The van der Waals surface area contributed by atoms with Gasteiger partial charge < -0.3 is 4.90 Å². The molecule has 0 radical (unpaired) electrons. The maximum absolute atomic E-state index is 2.67. The molecule has 64 heavy (non-hydrogen) atoms. The fourth-order valence-electron chi connectivity index (χ4n) is 15.4. The molecule has 3 fully saturated rings. The molecule has 0 aliphatic heterocycles. The first-order valence-electron chi connectivity index (χ1n) is 25.0. The van der Waals surface area contributed by atoms with Crippen molar-refractivity contribution in [2.45, 2.75) is 107 Å². The summed E-state index contributed by atoms with van der Waals surface area (Å²) < 4.78 is 0. The van der Waals surface area contributed by atoms with Crippen LogP contribution in [-0.4, -0.2) is 0 Å². The highest BCUT2D eigenvalue weighted by molar-refractivity contribution is 5.87. The Labute approximate surface area is 381 Å². The molecular formula is C63H61N. The summed E-state index contributed by atoms with van der Waals surface area (Å²) in [5.74, 6) is 3.69. The van der Waals surface area contributed by atoms with Gasteiger partial charge in [0.25, 0.3) is 0 Å². The summed E-state index contributed by atoms with van der Waals surface area (Å²) >= 11 is 0. The molecule has 3 saturated carbocycles. The van der Waals surface area contributed by atoms with Crippen molar-refractivity contribution >= 4 is 17.1 Å². The van der Waals surface area contributed by atoms with Gasteiger partial charge in [-0.2, -0.15) is 0 Å². The van der Waals surface area contributed by atoms with Crippen LogP contribution in [0.4, 0.5) is 17.1 Å². The highest BCUT2D eigenvalue weighted by Gasteiger charge is 2.59. The van der Waals surface area contributed by atoms with E-state index in [1.165, 1.54) is 109 Å². The first kappa shape index (κ1) is 38.8. The molecular weight excluding hydrogens is 771 g/mol. The van der Waals surface area contributed by atoms with E-state index in [-0.39, 0.29) is 16.7 Å². The lowest BCUT2D eigenvalue weighted by atomic mass is 9.59. The summed E-state index contributed by atoms with van der Waals surface area (Å²) in [6.07, 6.45) is 14.5. The van der Waals surface area contributed by atoms with Crippen molar-refractivity contribution in [3.05, 3.63) is 219 Å². The van der Waals surface area contributed by atoms with Crippen molar-refractivity contribution in [3.8, 4) is 11.1 Å². The van der Waals surface area contributed by atoms with Crippen LogP contribution in [0, 0.1) is 23.7 Å². The van der Waals surface area contributed by atoms with Gasteiger partial charge in [0, 0.05) is 28.1 Å². The van der Waals surface area contributed by atoms with Gasteiger partial charge in [0.05, 0.1) is 5.69 Å². The maximum Gasteiger partial charge on any atom is 0.0505 e. The lowest BCUT2D eigenvalue weighted by Gasteiger charge is -2.45. The zero-order chi connectivity index (χ0) is 42.6. The van der Waals surface area contributed by atoms with Crippen molar-refractivity contribution in [3.63, 3.8) is 0 Å². The standard InChI is InChI=1S/C63H61N/c1-62(2)56-30-15-14-27-51(56)52-35-34-49(40-57(52)62)64(48-24-10-5-11-25-48)58-31-17-21-45-39-47-23-9-4-8-22-46-38-44-20-16-29-54(60(44)63(46,47)61(45)58)59(42-18-6-3-7-19-42)53-28-13-12-26-50(53)55-37-41-32-33-43(55)36-41/h3,5-7,10-21,24-31,34-35,40-41,43,46-47,55,59H,4,8-9,22-23,32-33,36-39H2,1-2H3. The van der Waals surface area contributed by atoms with Gasteiger partial charge >= 0.3 is 0 Å². The van der Waals surface area contributed by atoms with Crippen LogP contribution in [0.2, 0.25) is 0 Å². The number of hydrogen-bond donors (Lipinski definition) is 0. The van der Waals surface area contributed by atoms with E-state index < -0.39 is 0 Å². The van der Waals surface area contributed by atoms with Gasteiger partial charge in [-0.05, 0) is 172 Å². The van der Waals surface area contributed by atoms with Gasteiger partial charge in [0.15, 0.2) is 0 Å². The Morgan fingerprint density at radius 2 is 1.19 bits per heavy atom. The Bertz CT molecular complexity index is 2890. The predicted octanol–water partition coefficient (Wildman–Crippen LogP) is 16.1. The molecule has 318 valence electrons. The monoisotopic (exact) mass is 831 g/mol. The number of anilines is 3. The molecule has 0 aromatic heterocycles. The SMILES string of the molecule is CC1(C)c2ccccc2-c2ccc(N(c3ccccc3)c3cccc4c3C35c6c(cccc6C(c6ccccc6)c6ccccc6C6CC7CCC6C7)CC3CCCCCC5C4)cc21. The molecule has 7 aromatic rings. The largest absolute Gasteiger partial charge is 0.310 e. The molecule has 13 rings (SSSR count). The Hall–Kier alpha value is -5.66. The van der Waals surface area contributed by atoms with Gasteiger partial charge in [-0.3, -0.25) is 0 Å². The molecule has 1 heteroatoms. The van der Waals surface area contributed by atoms with Crippen LogP contribution in [-0.2, 0) is 23.7 Å². The summed E-state index contributed by atoms with van der Waals surface area (Å²) in [5, 5.41) is 0. The van der Waals surface area contributed by atoms with Crippen LogP contribution in [0.1, 0.15) is 139 Å². The molecule has 0 amide bonds. The normalized spacial score (nSPS) is 25.9. The molecule has 2 bridgehead atoms. The Balaban J connectivity index is 1.06. The smallest absolute Gasteiger partial charge is 0.0505 e. The number of benzene rings is 7. The molecule has 7 unspecified atom stereocenters. The summed E-state index contributed by atoms with van der Waals surface area (Å²) in [5.41, 5.74) is 22.0. The highest BCUT2D eigenvalue weighted by Crippen LogP contribution is 2.66. The van der Waals surface area contributed by atoms with Crippen LogP contribution >= 0.6 is 0 Å². The van der Waals surface area contributed by atoms with E-state index in [0.29, 0.717) is 17.8 Å². The van der Waals surface area contributed by atoms with Crippen molar-refractivity contribution < 1.29 is 0 Å². The first-order valence-corrected chi connectivity index (χ1v) is 25.0. The number of rotatable bonds is 7. The van der Waals surface area contributed by atoms with E-state index in [4.69, 9.17) is 0 Å². The van der Waals surface area contributed by atoms with E-state index in [0.717, 1.165) is 18.3 Å². The van der Waals surface area contributed by atoms with Gasteiger partial charge in [-0.25, -0.2) is 0 Å². The lowest BCUT2D eigenvalue weighted by molar-refractivity contribution is 0.204. The molecule has 7 aromatic carbocycles. The fourth-order valence-corrected chi connectivity index (χ4v) is 15.4. The number of hydrogen-bond acceptors (Lipinski definition) is 1. The summed E-state index contributed by atoms with van der Waals surface area (Å²) in [4.78, 5) is 2.67. The van der Waals surface area contributed by atoms with Crippen LogP contribution in [0.5, 0.6) is 0 Å². The predicted molar refractivity (Wildman–Crippen MR) is 265 cm³/mol. The fraction of sp³-hybridized carbons (Fsp3) is 0.333. The van der Waals surface area contributed by atoms with Crippen molar-refractivity contribution in [2.24, 2.45) is 23.7 Å². The van der Waals surface area contributed by atoms with E-state index in [1.54, 1.807) is 38.9 Å². The van der Waals surface area contributed by atoms with Crippen LogP contribution < -0.4 is 4.90 Å². The van der Waals surface area contributed by atoms with E-state index in [2.05, 4.69) is 183 Å². The molecule has 6 aliphatic rings. The van der Waals surface area contributed by atoms with Gasteiger partial charge in [-0.1, -0.05) is 173 Å². The third-order valence-corrected chi connectivity index (χ3v) is 17.9. The van der Waals surface area contributed by atoms with Crippen molar-refractivity contribution in [1.29, 1.82) is 0 Å². The zero-order valence-corrected chi connectivity index (χ0v) is 37.8. The average Bonchev–Trinajstić information content (AvgIpc) is 4.15. The molecule has 0 heterocycles. The summed E-state index contributed by atoms with van der Waals surface area (Å²) in [6.45, 7) is 4.85. The molecule has 0 saturated heterocycles. The second kappa shape index (κ2) is 14.9.